The van der Waals surface area contributed by atoms with Crippen LogP contribution < -0.4 is 10.2 Å². The number of rotatable bonds is 2. The first-order valence-corrected chi connectivity index (χ1v) is 5.28. The third-order valence-corrected chi connectivity index (χ3v) is 3.04. The summed E-state index contributed by atoms with van der Waals surface area (Å²) in [6.07, 6.45) is 1.24. The summed E-state index contributed by atoms with van der Waals surface area (Å²) in [7, 11) is 2.18. The molecule has 1 saturated heterocycles. The zero-order chi connectivity index (χ0) is 9.97. The summed E-state index contributed by atoms with van der Waals surface area (Å²) in [5.74, 6) is 0. The van der Waals surface area contributed by atoms with Crippen molar-refractivity contribution in [2.45, 2.75) is 25.4 Å². The highest BCUT2D eigenvalue weighted by molar-refractivity contribution is 5.46. The molecule has 14 heavy (non-hydrogen) atoms. The lowest BCUT2D eigenvalue weighted by Crippen LogP contribution is -2.33. The second-order valence-electron chi connectivity index (χ2n) is 4.15. The lowest BCUT2D eigenvalue weighted by atomic mass is 10.1. The summed E-state index contributed by atoms with van der Waals surface area (Å²) >= 11 is 0. The SMILES string of the molecule is CC1CC(N(C)c2ccccc2)CN1. The smallest absolute Gasteiger partial charge is 0.0426 e. The fourth-order valence-corrected chi connectivity index (χ4v) is 2.08. The van der Waals surface area contributed by atoms with Crippen molar-refractivity contribution in [2.75, 3.05) is 18.5 Å². The van der Waals surface area contributed by atoms with Gasteiger partial charge in [-0.15, -0.1) is 0 Å². The maximum atomic E-state index is 3.48. The van der Waals surface area contributed by atoms with Crippen LogP contribution in [0.1, 0.15) is 13.3 Å². The first kappa shape index (κ1) is 9.53. The van der Waals surface area contributed by atoms with Crippen molar-refractivity contribution in [3.8, 4) is 0 Å². The molecular formula is C12H18N2. The Morgan fingerprint density at radius 2 is 2.00 bits per heavy atom. The van der Waals surface area contributed by atoms with Gasteiger partial charge >= 0.3 is 0 Å². The minimum Gasteiger partial charge on any atom is -0.370 e. The monoisotopic (exact) mass is 190 g/mol. The van der Waals surface area contributed by atoms with Crippen LogP contribution in [0, 0.1) is 0 Å². The quantitative estimate of drug-likeness (QED) is 0.766. The Bertz CT molecular complexity index is 284. The maximum Gasteiger partial charge on any atom is 0.0426 e. The van der Waals surface area contributed by atoms with E-state index in [9.17, 15) is 0 Å². The van der Waals surface area contributed by atoms with E-state index in [-0.39, 0.29) is 0 Å². The summed E-state index contributed by atoms with van der Waals surface area (Å²) in [5, 5.41) is 3.48. The van der Waals surface area contributed by atoms with Crippen molar-refractivity contribution in [3.05, 3.63) is 30.3 Å². The van der Waals surface area contributed by atoms with Crippen LogP contribution in [0.2, 0.25) is 0 Å². The van der Waals surface area contributed by atoms with Crippen LogP contribution in [0.25, 0.3) is 0 Å². The summed E-state index contributed by atoms with van der Waals surface area (Å²) in [4.78, 5) is 2.37. The van der Waals surface area contributed by atoms with Crippen molar-refractivity contribution < 1.29 is 0 Å². The van der Waals surface area contributed by atoms with Crippen LogP contribution >= 0.6 is 0 Å². The average molecular weight is 190 g/mol. The van der Waals surface area contributed by atoms with Crippen molar-refractivity contribution >= 4 is 5.69 Å². The zero-order valence-electron chi connectivity index (χ0n) is 8.90. The number of likely N-dealkylation sites (N-methyl/N-ethyl adjacent to an activating group) is 1. The van der Waals surface area contributed by atoms with Gasteiger partial charge in [0.1, 0.15) is 0 Å². The maximum absolute atomic E-state index is 3.48. The zero-order valence-corrected chi connectivity index (χ0v) is 8.90. The Kier molecular flexibility index (Phi) is 2.73. The van der Waals surface area contributed by atoms with Gasteiger partial charge in [0.05, 0.1) is 0 Å². The van der Waals surface area contributed by atoms with Gasteiger partial charge in [-0.25, -0.2) is 0 Å². The van der Waals surface area contributed by atoms with E-state index in [2.05, 4.69) is 54.5 Å². The van der Waals surface area contributed by atoms with E-state index in [1.54, 1.807) is 0 Å². The van der Waals surface area contributed by atoms with Gasteiger partial charge in [0.2, 0.25) is 0 Å². The molecular weight excluding hydrogens is 172 g/mol. The molecule has 0 spiro atoms. The summed E-state index contributed by atoms with van der Waals surface area (Å²) in [5.41, 5.74) is 1.31. The predicted molar refractivity (Wildman–Crippen MR) is 60.7 cm³/mol. The van der Waals surface area contributed by atoms with E-state index in [1.165, 1.54) is 12.1 Å². The molecule has 2 rings (SSSR count). The standard InChI is InChI=1S/C12H18N2/c1-10-8-12(9-13-10)14(2)11-6-4-3-5-7-11/h3-7,10,12-13H,8-9H2,1-2H3. The molecule has 2 unspecified atom stereocenters. The number of nitrogens with one attached hydrogen (secondary N) is 1. The van der Waals surface area contributed by atoms with Gasteiger partial charge in [0.15, 0.2) is 0 Å². The lowest BCUT2D eigenvalue weighted by molar-refractivity contribution is 0.645. The highest BCUT2D eigenvalue weighted by Gasteiger charge is 2.23. The Morgan fingerprint density at radius 3 is 2.57 bits per heavy atom. The minimum atomic E-state index is 0.646. The third-order valence-electron chi connectivity index (χ3n) is 3.04. The first-order valence-electron chi connectivity index (χ1n) is 5.28. The highest BCUT2D eigenvalue weighted by atomic mass is 15.2. The Morgan fingerprint density at radius 1 is 1.29 bits per heavy atom. The van der Waals surface area contributed by atoms with E-state index in [0.717, 1.165) is 6.54 Å². The lowest BCUT2D eigenvalue weighted by Gasteiger charge is -2.26. The molecule has 1 fully saturated rings. The molecule has 1 aliphatic rings. The number of para-hydroxylation sites is 1. The molecule has 0 saturated carbocycles. The fraction of sp³-hybridized carbons (Fsp3) is 0.500. The second-order valence-corrected chi connectivity index (χ2v) is 4.15. The minimum absolute atomic E-state index is 0.646. The van der Waals surface area contributed by atoms with Gasteiger partial charge in [-0.1, -0.05) is 18.2 Å². The highest BCUT2D eigenvalue weighted by Crippen LogP contribution is 2.19. The molecule has 0 radical (unpaired) electrons. The number of hydrogen-bond acceptors (Lipinski definition) is 2. The Balaban J connectivity index is 2.05. The number of hydrogen-bond donors (Lipinski definition) is 1. The number of nitrogens with zero attached hydrogens (tertiary/aromatic N) is 1. The van der Waals surface area contributed by atoms with Crippen LogP contribution in [0.5, 0.6) is 0 Å². The van der Waals surface area contributed by atoms with E-state index in [0.29, 0.717) is 12.1 Å². The van der Waals surface area contributed by atoms with E-state index >= 15 is 0 Å². The Labute approximate surface area is 85.9 Å². The summed E-state index contributed by atoms with van der Waals surface area (Å²) < 4.78 is 0. The van der Waals surface area contributed by atoms with Crippen molar-refractivity contribution in [1.82, 2.24) is 5.32 Å². The second kappa shape index (κ2) is 4.01. The molecule has 1 aromatic carbocycles. The molecule has 1 N–H and O–H groups in total. The van der Waals surface area contributed by atoms with Gasteiger partial charge in [-0.05, 0) is 25.5 Å². The molecule has 1 heterocycles. The normalized spacial score (nSPS) is 26.4. The van der Waals surface area contributed by atoms with E-state index in [4.69, 9.17) is 0 Å². The molecule has 1 aliphatic heterocycles. The van der Waals surface area contributed by atoms with Gasteiger partial charge in [-0.2, -0.15) is 0 Å². The number of anilines is 1. The molecule has 2 heteroatoms. The molecule has 0 amide bonds. The molecule has 0 bridgehead atoms. The molecule has 76 valence electrons. The Hall–Kier alpha value is -1.02. The summed E-state index contributed by atoms with van der Waals surface area (Å²) in [6.45, 7) is 3.35. The molecule has 2 atom stereocenters. The third kappa shape index (κ3) is 1.90. The largest absolute Gasteiger partial charge is 0.370 e. The molecule has 1 aromatic rings. The predicted octanol–water partition coefficient (Wildman–Crippen LogP) is 1.87. The van der Waals surface area contributed by atoms with Crippen molar-refractivity contribution in [3.63, 3.8) is 0 Å². The topological polar surface area (TPSA) is 15.3 Å². The van der Waals surface area contributed by atoms with Crippen LogP contribution in [0.4, 0.5) is 5.69 Å². The van der Waals surface area contributed by atoms with E-state index in [1.807, 2.05) is 0 Å². The summed E-state index contributed by atoms with van der Waals surface area (Å²) in [6, 6.07) is 11.9. The van der Waals surface area contributed by atoms with Crippen LogP contribution in [0.3, 0.4) is 0 Å². The van der Waals surface area contributed by atoms with Crippen molar-refractivity contribution in [2.24, 2.45) is 0 Å². The van der Waals surface area contributed by atoms with Gasteiger partial charge in [0.25, 0.3) is 0 Å². The van der Waals surface area contributed by atoms with Crippen LogP contribution in [-0.2, 0) is 0 Å². The fourth-order valence-electron chi connectivity index (χ4n) is 2.08. The molecule has 2 nitrogen and oxygen atoms in total. The molecule has 0 aromatic heterocycles. The van der Waals surface area contributed by atoms with E-state index < -0.39 is 0 Å². The molecule has 0 aliphatic carbocycles. The van der Waals surface area contributed by atoms with Crippen LogP contribution in [0.15, 0.2) is 30.3 Å². The van der Waals surface area contributed by atoms with Crippen LogP contribution in [-0.4, -0.2) is 25.7 Å². The van der Waals surface area contributed by atoms with Gasteiger partial charge in [0, 0.05) is 31.4 Å². The average Bonchev–Trinajstić information content (AvgIpc) is 2.65. The van der Waals surface area contributed by atoms with Gasteiger partial charge in [-0.3, -0.25) is 0 Å². The van der Waals surface area contributed by atoms with Gasteiger partial charge < -0.3 is 10.2 Å². The van der Waals surface area contributed by atoms with Crippen molar-refractivity contribution in [1.29, 1.82) is 0 Å². The first-order chi connectivity index (χ1) is 6.77. The number of benzene rings is 1.